The van der Waals surface area contributed by atoms with Gasteiger partial charge in [-0.2, -0.15) is 0 Å². The average Bonchev–Trinajstić information content (AvgIpc) is 2.89. The summed E-state index contributed by atoms with van der Waals surface area (Å²) in [4.78, 5) is 15.9. The van der Waals surface area contributed by atoms with E-state index in [2.05, 4.69) is 20.2 Å². The Hall–Kier alpha value is -2.50. The lowest BCUT2D eigenvalue weighted by Gasteiger charge is -2.09. The first kappa shape index (κ1) is 14.9. The number of aryl methyl sites for hydroxylation is 2. The molecule has 0 bridgehead atoms. The molecule has 2 rings (SSSR count). The summed E-state index contributed by atoms with van der Waals surface area (Å²) in [6.07, 6.45) is 4.56. The molecule has 112 valence electrons. The van der Waals surface area contributed by atoms with E-state index in [9.17, 15) is 4.79 Å². The fourth-order valence-corrected chi connectivity index (χ4v) is 1.97. The van der Waals surface area contributed by atoms with Gasteiger partial charge in [-0.25, -0.2) is 9.78 Å². The predicted molar refractivity (Wildman–Crippen MR) is 81.6 cm³/mol. The van der Waals surface area contributed by atoms with Crippen LogP contribution in [-0.2, 0) is 6.54 Å². The Morgan fingerprint density at radius 3 is 3.00 bits per heavy atom. The summed E-state index contributed by atoms with van der Waals surface area (Å²) >= 11 is 0. The molecular weight excluding hydrogens is 268 g/mol. The number of amides is 2. The third-order valence-electron chi connectivity index (χ3n) is 3.11. The Bertz CT molecular complexity index is 595. The quantitative estimate of drug-likeness (QED) is 0.802. The maximum atomic E-state index is 11.8. The van der Waals surface area contributed by atoms with Crippen LogP contribution >= 0.6 is 0 Å². The molecule has 6 heteroatoms. The monoisotopic (exact) mass is 288 g/mol. The highest BCUT2D eigenvalue weighted by Crippen LogP contribution is 2.16. The van der Waals surface area contributed by atoms with Crippen LogP contribution in [0.25, 0.3) is 0 Å². The Balaban J connectivity index is 1.71. The molecule has 1 aromatic carbocycles. The van der Waals surface area contributed by atoms with E-state index in [1.165, 1.54) is 0 Å². The predicted octanol–water partition coefficient (Wildman–Crippen LogP) is 2.41. The lowest BCUT2D eigenvalue weighted by atomic mass is 10.3. The van der Waals surface area contributed by atoms with Crippen LogP contribution in [0.2, 0.25) is 0 Å². The normalized spacial score (nSPS) is 10.2. The number of nitrogens with one attached hydrogen (secondary N) is 2. The highest BCUT2D eigenvalue weighted by atomic mass is 16.5. The van der Waals surface area contributed by atoms with Crippen molar-refractivity contribution in [3.05, 3.63) is 42.5 Å². The molecule has 2 N–H and O–H groups in total. The Morgan fingerprint density at radius 1 is 1.43 bits per heavy atom. The smallest absolute Gasteiger partial charge is 0.319 e. The lowest BCUT2D eigenvalue weighted by Crippen LogP contribution is -2.30. The second-order valence-electron chi connectivity index (χ2n) is 4.63. The van der Waals surface area contributed by atoms with Gasteiger partial charge in [0.2, 0.25) is 0 Å². The van der Waals surface area contributed by atoms with Crippen LogP contribution in [0.4, 0.5) is 10.5 Å². The molecule has 0 radical (unpaired) electrons. The Morgan fingerprint density at radius 2 is 2.29 bits per heavy atom. The lowest BCUT2D eigenvalue weighted by molar-refractivity contribution is 0.252. The van der Waals surface area contributed by atoms with Crippen molar-refractivity contribution >= 4 is 11.7 Å². The van der Waals surface area contributed by atoms with Gasteiger partial charge in [-0.3, -0.25) is 0 Å². The minimum Gasteiger partial charge on any atom is -0.497 e. The molecular formula is C15H20N4O2. The van der Waals surface area contributed by atoms with Crippen LogP contribution in [0.1, 0.15) is 12.2 Å². The number of aromatic nitrogens is 2. The highest BCUT2D eigenvalue weighted by Gasteiger charge is 2.02. The minimum atomic E-state index is -0.217. The van der Waals surface area contributed by atoms with E-state index in [0.29, 0.717) is 18.0 Å². The van der Waals surface area contributed by atoms with Gasteiger partial charge in [0.15, 0.2) is 0 Å². The van der Waals surface area contributed by atoms with Crippen LogP contribution in [-0.4, -0.2) is 29.2 Å². The number of hydrogen-bond acceptors (Lipinski definition) is 3. The van der Waals surface area contributed by atoms with Crippen LogP contribution in [0.3, 0.4) is 0 Å². The first-order valence-corrected chi connectivity index (χ1v) is 6.85. The first-order chi connectivity index (χ1) is 10.2. The number of nitrogens with zero attached hydrogens (tertiary/aromatic N) is 2. The molecule has 2 amide bonds. The molecule has 0 saturated heterocycles. The van der Waals surface area contributed by atoms with Crippen LogP contribution < -0.4 is 15.4 Å². The summed E-state index contributed by atoms with van der Waals surface area (Å²) in [6.45, 7) is 3.40. The van der Waals surface area contributed by atoms with E-state index in [-0.39, 0.29) is 6.03 Å². The number of carbonyl (C=O) groups excluding carboxylic acids is 1. The summed E-state index contributed by atoms with van der Waals surface area (Å²) in [6, 6.07) is 7.03. The van der Waals surface area contributed by atoms with Gasteiger partial charge >= 0.3 is 6.03 Å². The van der Waals surface area contributed by atoms with Gasteiger partial charge in [-0.05, 0) is 25.5 Å². The average molecular weight is 288 g/mol. The fourth-order valence-electron chi connectivity index (χ4n) is 1.97. The topological polar surface area (TPSA) is 68.2 Å². The van der Waals surface area contributed by atoms with Crippen molar-refractivity contribution in [2.45, 2.75) is 19.9 Å². The highest BCUT2D eigenvalue weighted by molar-refractivity contribution is 5.89. The van der Waals surface area contributed by atoms with Crippen molar-refractivity contribution < 1.29 is 9.53 Å². The maximum Gasteiger partial charge on any atom is 0.319 e. The van der Waals surface area contributed by atoms with E-state index in [0.717, 1.165) is 18.8 Å². The van der Waals surface area contributed by atoms with Gasteiger partial charge in [0.1, 0.15) is 11.6 Å². The number of rotatable bonds is 6. The number of anilines is 1. The zero-order chi connectivity index (χ0) is 15.1. The van der Waals surface area contributed by atoms with Gasteiger partial charge in [-0.1, -0.05) is 6.07 Å². The number of ether oxygens (including phenoxy) is 1. The van der Waals surface area contributed by atoms with Crippen molar-refractivity contribution in [1.82, 2.24) is 14.9 Å². The van der Waals surface area contributed by atoms with Crippen molar-refractivity contribution in [2.24, 2.45) is 0 Å². The number of methoxy groups -OCH3 is 1. The zero-order valence-corrected chi connectivity index (χ0v) is 12.3. The molecule has 0 atom stereocenters. The largest absolute Gasteiger partial charge is 0.497 e. The summed E-state index contributed by atoms with van der Waals surface area (Å²) < 4.78 is 7.16. The molecule has 0 aliphatic heterocycles. The minimum absolute atomic E-state index is 0.217. The van der Waals surface area contributed by atoms with Crippen LogP contribution in [0, 0.1) is 6.92 Å². The standard InChI is InChI=1S/C15H20N4O2/c1-12-16-8-10-19(12)9-4-7-17-15(20)18-13-5-3-6-14(11-13)21-2/h3,5-6,8,10-11H,4,7,9H2,1-2H3,(H2,17,18,20). The second-order valence-corrected chi connectivity index (χ2v) is 4.63. The number of hydrogen-bond donors (Lipinski definition) is 2. The second kappa shape index (κ2) is 7.33. The molecule has 0 unspecified atom stereocenters. The Labute approximate surface area is 124 Å². The zero-order valence-electron chi connectivity index (χ0n) is 12.3. The molecule has 0 aliphatic rings. The molecule has 1 aromatic heterocycles. The molecule has 6 nitrogen and oxygen atoms in total. The van der Waals surface area contributed by atoms with Crippen molar-refractivity contribution in [1.29, 1.82) is 0 Å². The molecule has 0 fully saturated rings. The molecule has 0 spiro atoms. The van der Waals surface area contributed by atoms with E-state index >= 15 is 0 Å². The number of imidazole rings is 1. The van der Waals surface area contributed by atoms with Crippen molar-refractivity contribution in [3.63, 3.8) is 0 Å². The van der Waals surface area contributed by atoms with E-state index in [4.69, 9.17) is 4.74 Å². The third-order valence-corrected chi connectivity index (χ3v) is 3.11. The van der Waals surface area contributed by atoms with E-state index in [1.54, 1.807) is 19.4 Å². The van der Waals surface area contributed by atoms with E-state index < -0.39 is 0 Å². The van der Waals surface area contributed by atoms with Gasteiger partial charge in [0, 0.05) is 37.2 Å². The first-order valence-electron chi connectivity index (χ1n) is 6.85. The van der Waals surface area contributed by atoms with Crippen LogP contribution in [0.15, 0.2) is 36.7 Å². The third kappa shape index (κ3) is 4.52. The van der Waals surface area contributed by atoms with Crippen LogP contribution in [0.5, 0.6) is 5.75 Å². The SMILES string of the molecule is COc1cccc(NC(=O)NCCCn2ccnc2C)c1. The maximum absolute atomic E-state index is 11.8. The van der Waals surface area contributed by atoms with Gasteiger partial charge in [0.25, 0.3) is 0 Å². The summed E-state index contributed by atoms with van der Waals surface area (Å²) in [5, 5.41) is 5.60. The molecule has 0 saturated carbocycles. The van der Waals surface area contributed by atoms with Crippen molar-refractivity contribution in [2.75, 3.05) is 19.0 Å². The number of benzene rings is 1. The van der Waals surface area contributed by atoms with E-state index in [1.807, 2.05) is 31.3 Å². The molecule has 1 heterocycles. The van der Waals surface area contributed by atoms with Gasteiger partial charge in [-0.15, -0.1) is 0 Å². The summed E-state index contributed by atoms with van der Waals surface area (Å²) in [5.74, 6) is 1.69. The summed E-state index contributed by atoms with van der Waals surface area (Å²) in [7, 11) is 1.59. The molecule has 2 aromatic rings. The van der Waals surface area contributed by atoms with Gasteiger partial charge < -0.3 is 19.9 Å². The molecule has 21 heavy (non-hydrogen) atoms. The summed E-state index contributed by atoms with van der Waals surface area (Å²) in [5.41, 5.74) is 0.706. The fraction of sp³-hybridized carbons (Fsp3) is 0.333. The van der Waals surface area contributed by atoms with Crippen molar-refractivity contribution in [3.8, 4) is 5.75 Å². The Kier molecular flexibility index (Phi) is 5.20. The number of urea groups is 1. The number of carbonyl (C=O) groups is 1. The molecule has 0 aliphatic carbocycles. The van der Waals surface area contributed by atoms with Gasteiger partial charge in [0.05, 0.1) is 7.11 Å².